The number of benzene rings is 1. The van der Waals surface area contributed by atoms with Crippen molar-refractivity contribution in [3.05, 3.63) is 59.9 Å². The number of halogens is 1. The van der Waals surface area contributed by atoms with Crippen molar-refractivity contribution in [2.24, 2.45) is 4.99 Å². The standard InChI is InChI=1S/C20H28N4O.HI/c1-4-21-20(23-15-13-18-8-6-7-14-22-18)24(3)16-17-9-11-19(12-10-17)25-5-2;/h6-12,14H,4-5,13,15-16H2,1-3H3,(H,21,23);1H. The largest absolute Gasteiger partial charge is 0.494 e. The van der Waals surface area contributed by atoms with Crippen LogP contribution >= 0.6 is 24.0 Å². The van der Waals surface area contributed by atoms with Crippen LogP contribution in [-0.2, 0) is 13.0 Å². The smallest absolute Gasteiger partial charge is 0.193 e. The lowest BCUT2D eigenvalue weighted by Gasteiger charge is -2.22. The Kier molecular flexibility index (Phi) is 10.7. The summed E-state index contributed by atoms with van der Waals surface area (Å²) in [5, 5.41) is 3.35. The van der Waals surface area contributed by atoms with Gasteiger partial charge in [0, 0.05) is 45.0 Å². The predicted octanol–water partition coefficient (Wildman–Crippen LogP) is 3.74. The fourth-order valence-corrected chi connectivity index (χ4v) is 2.50. The van der Waals surface area contributed by atoms with Crippen LogP contribution in [0.4, 0.5) is 0 Å². The van der Waals surface area contributed by atoms with E-state index in [9.17, 15) is 0 Å². The van der Waals surface area contributed by atoms with E-state index >= 15 is 0 Å². The van der Waals surface area contributed by atoms with Crippen molar-refractivity contribution in [1.82, 2.24) is 15.2 Å². The number of aliphatic imine (C=N–C) groups is 1. The first kappa shape index (κ1) is 22.2. The second kappa shape index (κ2) is 12.5. The molecule has 0 amide bonds. The SMILES string of the molecule is CCNC(=NCCc1ccccn1)N(C)Cc1ccc(OCC)cc1.I. The van der Waals surface area contributed by atoms with Crippen molar-refractivity contribution in [3.63, 3.8) is 0 Å². The zero-order chi connectivity index (χ0) is 17.9. The van der Waals surface area contributed by atoms with E-state index in [1.54, 1.807) is 0 Å². The van der Waals surface area contributed by atoms with E-state index in [1.807, 2.05) is 43.5 Å². The molecular weight excluding hydrogens is 439 g/mol. The lowest BCUT2D eigenvalue weighted by molar-refractivity contribution is 0.340. The van der Waals surface area contributed by atoms with E-state index in [1.165, 1.54) is 5.56 Å². The molecule has 0 saturated heterocycles. The quantitative estimate of drug-likeness (QED) is 0.365. The van der Waals surface area contributed by atoms with Crippen molar-refractivity contribution in [3.8, 4) is 5.75 Å². The first-order valence-electron chi connectivity index (χ1n) is 8.84. The highest BCUT2D eigenvalue weighted by Crippen LogP contribution is 2.13. The number of guanidine groups is 1. The molecule has 142 valence electrons. The van der Waals surface area contributed by atoms with Crippen LogP contribution in [0.15, 0.2) is 53.7 Å². The molecular formula is C20H29IN4O. The molecule has 1 aromatic carbocycles. The van der Waals surface area contributed by atoms with Crippen molar-refractivity contribution in [2.45, 2.75) is 26.8 Å². The van der Waals surface area contributed by atoms with Crippen LogP contribution in [-0.4, -0.2) is 42.6 Å². The monoisotopic (exact) mass is 468 g/mol. The fraction of sp³-hybridized carbons (Fsp3) is 0.400. The lowest BCUT2D eigenvalue weighted by atomic mass is 10.2. The summed E-state index contributed by atoms with van der Waals surface area (Å²) in [5.74, 6) is 1.82. The van der Waals surface area contributed by atoms with E-state index in [2.05, 4.69) is 41.3 Å². The minimum Gasteiger partial charge on any atom is -0.494 e. The molecule has 1 aromatic heterocycles. The Bertz CT molecular complexity index is 647. The maximum atomic E-state index is 5.49. The summed E-state index contributed by atoms with van der Waals surface area (Å²) in [4.78, 5) is 11.2. The third-order valence-corrected chi connectivity index (χ3v) is 3.71. The van der Waals surface area contributed by atoms with Gasteiger partial charge >= 0.3 is 0 Å². The number of hydrogen-bond donors (Lipinski definition) is 1. The van der Waals surface area contributed by atoms with Gasteiger partial charge in [-0.15, -0.1) is 24.0 Å². The van der Waals surface area contributed by atoms with Gasteiger partial charge in [0.15, 0.2) is 5.96 Å². The molecule has 0 saturated carbocycles. The van der Waals surface area contributed by atoms with Crippen LogP contribution in [0.5, 0.6) is 5.75 Å². The zero-order valence-electron chi connectivity index (χ0n) is 15.8. The van der Waals surface area contributed by atoms with Gasteiger partial charge in [-0.1, -0.05) is 18.2 Å². The zero-order valence-corrected chi connectivity index (χ0v) is 18.1. The molecule has 0 aliphatic carbocycles. The predicted molar refractivity (Wildman–Crippen MR) is 118 cm³/mol. The maximum Gasteiger partial charge on any atom is 0.193 e. The van der Waals surface area contributed by atoms with Gasteiger partial charge in [0.1, 0.15) is 5.75 Å². The molecule has 26 heavy (non-hydrogen) atoms. The molecule has 2 aromatic rings. The highest BCUT2D eigenvalue weighted by molar-refractivity contribution is 14.0. The average molecular weight is 468 g/mol. The number of nitrogens with zero attached hydrogens (tertiary/aromatic N) is 3. The summed E-state index contributed by atoms with van der Waals surface area (Å²) in [6, 6.07) is 14.2. The molecule has 0 aliphatic rings. The molecule has 2 rings (SSSR count). The number of ether oxygens (including phenoxy) is 1. The summed E-state index contributed by atoms with van der Waals surface area (Å²) in [6.07, 6.45) is 2.66. The second-order valence-electron chi connectivity index (χ2n) is 5.74. The van der Waals surface area contributed by atoms with Gasteiger partial charge in [0.2, 0.25) is 0 Å². The van der Waals surface area contributed by atoms with Crippen molar-refractivity contribution in [2.75, 3.05) is 26.7 Å². The van der Waals surface area contributed by atoms with Gasteiger partial charge in [0.05, 0.1) is 6.61 Å². The molecule has 1 heterocycles. The van der Waals surface area contributed by atoms with E-state index in [4.69, 9.17) is 9.73 Å². The van der Waals surface area contributed by atoms with Crippen molar-refractivity contribution in [1.29, 1.82) is 0 Å². The maximum absolute atomic E-state index is 5.49. The number of pyridine rings is 1. The Morgan fingerprint density at radius 2 is 1.92 bits per heavy atom. The van der Waals surface area contributed by atoms with Crippen LogP contribution in [0.25, 0.3) is 0 Å². The number of nitrogens with one attached hydrogen (secondary N) is 1. The first-order valence-corrected chi connectivity index (χ1v) is 8.84. The molecule has 6 heteroatoms. The van der Waals surface area contributed by atoms with Crippen LogP contribution in [0.3, 0.4) is 0 Å². The first-order chi connectivity index (χ1) is 12.2. The molecule has 0 radical (unpaired) electrons. The van der Waals surface area contributed by atoms with Gasteiger partial charge in [-0.3, -0.25) is 9.98 Å². The summed E-state index contributed by atoms with van der Waals surface area (Å²) in [6.45, 7) is 7.11. The Morgan fingerprint density at radius 1 is 1.15 bits per heavy atom. The minimum absolute atomic E-state index is 0. The van der Waals surface area contributed by atoms with E-state index in [0.29, 0.717) is 13.2 Å². The summed E-state index contributed by atoms with van der Waals surface area (Å²) in [7, 11) is 2.05. The second-order valence-corrected chi connectivity index (χ2v) is 5.74. The Hall–Kier alpha value is -1.83. The van der Waals surface area contributed by atoms with E-state index in [0.717, 1.165) is 36.9 Å². The van der Waals surface area contributed by atoms with E-state index in [-0.39, 0.29) is 24.0 Å². The number of hydrogen-bond acceptors (Lipinski definition) is 3. The summed E-state index contributed by atoms with van der Waals surface area (Å²) >= 11 is 0. The minimum atomic E-state index is 0. The molecule has 0 unspecified atom stereocenters. The normalized spacial score (nSPS) is 10.8. The molecule has 5 nitrogen and oxygen atoms in total. The molecule has 0 bridgehead atoms. The van der Waals surface area contributed by atoms with Gasteiger partial charge in [-0.05, 0) is 43.7 Å². The van der Waals surface area contributed by atoms with Crippen LogP contribution in [0.2, 0.25) is 0 Å². The Balaban J connectivity index is 0.00000338. The highest BCUT2D eigenvalue weighted by atomic mass is 127. The lowest BCUT2D eigenvalue weighted by Crippen LogP contribution is -2.38. The van der Waals surface area contributed by atoms with E-state index < -0.39 is 0 Å². The molecule has 0 atom stereocenters. The van der Waals surface area contributed by atoms with Crippen LogP contribution < -0.4 is 10.1 Å². The molecule has 0 fully saturated rings. The summed E-state index contributed by atoms with van der Waals surface area (Å²) in [5.41, 5.74) is 2.29. The fourth-order valence-electron chi connectivity index (χ4n) is 2.50. The number of aromatic nitrogens is 1. The van der Waals surface area contributed by atoms with Crippen molar-refractivity contribution < 1.29 is 4.74 Å². The molecule has 0 aliphatic heterocycles. The third-order valence-electron chi connectivity index (χ3n) is 3.71. The van der Waals surface area contributed by atoms with Gasteiger partial charge in [-0.25, -0.2) is 0 Å². The third kappa shape index (κ3) is 7.59. The topological polar surface area (TPSA) is 49.8 Å². The van der Waals surface area contributed by atoms with Crippen molar-refractivity contribution >= 4 is 29.9 Å². The molecule has 0 spiro atoms. The Morgan fingerprint density at radius 3 is 2.54 bits per heavy atom. The Labute approximate surface area is 173 Å². The van der Waals surface area contributed by atoms with Gasteiger partial charge in [-0.2, -0.15) is 0 Å². The van der Waals surface area contributed by atoms with Crippen LogP contribution in [0.1, 0.15) is 25.1 Å². The highest BCUT2D eigenvalue weighted by Gasteiger charge is 2.07. The summed E-state index contributed by atoms with van der Waals surface area (Å²) < 4.78 is 5.49. The van der Waals surface area contributed by atoms with Gasteiger partial charge in [0.25, 0.3) is 0 Å². The van der Waals surface area contributed by atoms with Gasteiger partial charge < -0.3 is 15.0 Å². The average Bonchev–Trinajstić information content (AvgIpc) is 2.64. The molecule has 1 N–H and O–H groups in total. The van der Waals surface area contributed by atoms with Crippen LogP contribution in [0, 0.1) is 0 Å². The number of rotatable bonds is 8.